The molecule has 0 bridgehead atoms. The van der Waals surface area contributed by atoms with E-state index in [0.29, 0.717) is 11.5 Å². The fraction of sp³-hybridized carbons (Fsp3) is 0.255. The zero-order chi connectivity index (χ0) is 45.7. The van der Waals surface area contributed by atoms with Gasteiger partial charge in [0.1, 0.15) is 16.8 Å². The molecule has 62 heavy (non-hydrogen) atoms. The summed E-state index contributed by atoms with van der Waals surface area (Å²) in [6.45, 7) is 11.4. The normalized spacial score (nSPS) is 12.7. The molecule has 0 N–H and O–H groups in total. The first-order valence-electron chi connectivity index (χ1n) is 22.9. The summed E-state index contributed by atoms with van der Waals surface area (Å²) in [6, 6.07) is 45.6. The average Bonchev–Trinajstić information content (AvgIpc) is 3.85. The third-order valence-electron chi connectivity index (χ3n) is 11.5. The molecule has 0 amide bonds. The van der Waals surface area contributed by atoms with Crippen LogP contribution in [-0.2, 0) is 27.2 Å². The van der Waals surface area contributed by atoms with Gasteiger partial charge >= 0.3 is 135 Å². The van der Waals surface area contributed by atoms with E-state index in [4.69, 9.17) is 13.5 Å². The van der Waals surface area contributed by atoms with Gasteiger partial charge in [-0.15, -0.1) is 18.2 Å². The maximum Gasteiger partial charge on any atom is 0 e. The second-order valence-corrected chi connectivity index (χ2v) is 28.6. The summed E-state index contributed by atoms with van der Waals surface area (Å²) in [6.07, 6.45) is 4.12. The topological polar surface area (TPSA) is 47.7 Å². The van der Waals surface area contributed by atoms with Crippen molar-refractivity contribution < 1.29 is 33.2 Å². The van der Waals surface area contributed by atoms with E-state index in [0.717, 1.165) is 55.7 Å². The Hall–Kier alpha value is -5.14. The van der Waals surface area contributed by atoms with E-state index in [9.17, 15) is 0 Å². The molecule has 0 aliphatic carbocycles. The molecule has 317 valence electrons. The zero-order valence-corrected chi connectivity index (χ0v) is 41.9. The summed E-state index contributed by atoms with van der Waals surface area (Å²) in [7, 11) is 2.10. The second-order valence-electron chi connectivity index (χ2n) is 18.0. The van der Waals surface area contributed by atoms with Gasteiger partial charge in [-0.05, 0) is 58.9 Å². The molecule has 0 spiro atoms. The summed E-state index contributed by atoms with van der Waals surface area (Å²) >= 11 is -1.97. The molecule has 5 nitrogen and oxygen atoms in total. The summed E-state index contributed by atoms with van der Waals surface area (Å²) in [5.41, 5.74) is 14.1. The van der Waals surface area contributed by atoms with Gasteiger partial charge < -0.3 is 4.42 Å². The minimum absolute atomic E-state index is 0. The van der Waals surface area contributed by atoms with Gasteiger partial charge in [0.15, 0.2) is 5.82 Å². The Bertz CT molecular complexity index is 3100. The van der Waals surface area contributed by atoms with Crippen LogP contribution in [0.5, 0.6) is 0 Å². The van der Waals surface area contributed by atoms with E-state index >= 15 is 0 Å². The molecule has 0 aliphatic heterocycles. The van der Waals surface area contributed by atoms with Crippen LogP contribution < -0.4 is 8.96 Å². The Labute approximate surface area is 388 Å². The predicted molar refractivity (Wildman–Crippen MR) is 258 cm³/mol. The van der Waals surface area contributed by atoms with E-state index in [2.05, 4.69) is 177 Å². The Kier molecular flexibility index (Phi) is 12.1. The van der Waals surface area contributed by atoms with Crippen LogP contribution in [0.25, 0.3) is 72.6 Å². The van der Waals surface area contributed by atoms with Gasteiger partial charge in [0.2, 0.25) is 0 Å². The largest absolute Gasteiger partial charge is 0 e. The molecule has 0 fully saturated rings. The first-order chi connectivity index (χ1) is 30.4. The SMILES string of the molecule is CC(C)c1cc(-c2ccccc2)cc(C(C)C)c1-n1c(-c2[c-]ccc3c2oc2ccccc23)nc2ccc[n+](C)c21.[2H]C([2H])([2H])c1c[c-]c(-c2cc(C(C)C)[c]([Ge]([CH3])([CH3])[CH3])cn2)cc1.[Ir]. The number of nitrogens with zero attached hydrogens (tertiary/aromatic N) is 4. The molecular formula is C55H57GeIrN4O-. The van der Waals surface area contributed by atoms with Gasteiger partial charge in [-0.3, -0.25) is 0 Å². The van der Waals surface area contributed by atoms with Crippen LogP contribution in [0.2, 0.25) is 17.3 Å². The molecule has 5 aromatic carbocycles. The van der Waals surface area contributed by atoms with Crippen LogP contribution in [0.3, 0.4) is 0 Å². The van der Waals surface area contributed by atoms with Crippen molar-refractivity contribution in [3.8, 4) is 39.5 Å². The number of rotatable bonds is 8. The monoisotopic (exact) mass is 1060 g/mol. The van der Waals surface area contributed by atoms with Gasteiger partial charge in [0.25, 0.3) is 0 Å². The number of para-hydroxylation sites is 1. The van der Waals surface area contributed by atoms with E-state index in [1.807, 2.05) is 24.4 Å². The fourth-order valence-electron chi connectivity index (χ4n) is 8.37. The van der Waals surface area contributed by atoms with Crippen molar-refractivity contribution >= 4 is 50.8 Å². The first-order valence-corrected chi connectivity index (χ1v) is 28.7. The zero-order valence-electron chi connectivity index (χ0n) is 40.4. The maximum atomic E-state index is 7.44. The Morgan fingerprint density at radius 2 is 1.44 bits per heavy atom. The number of fused-ring (bicyclic) bond motifs is 4. The number of aromatic nitrogens is 4. The smallest absolute Gasteiger partial charge is 0 e. The summed E-state index contributed by atoms with van der Waals surface area (Å²) in [4.78, 5) is 9.90. The first kappa shape index (κ1) is 40.9. The third kappa shape index (κ3) is 8.75. The van der Waals surface area contributed by atoms with Crippen molar-refractivity contribution in [1.29, 1.82) is 0 Å². The van der Waals surface area contributed by atoms with Crippen molar-refractivity contribution in [2.75, 3.05) is 0 Å². The van der Waals surface area contributed by atoms with E-state index in [1.54, 1.807) is 18.2 Å². The number of imidazole rings is 1. The maximum absolute atomic E-state index is 7.44. The van der Waals surface area contributed by atoms with E-state index < -0.39 is 20.1 Å². The minimum atomic E-state index is -2.09. The van der Waals surface area contributed by atoms with Crippen molar-refractivity contribution in [2.24, 2.45) is 7.05 Å². The quantitative estimate of drug-likeness (QED) is 0.0865. The Balaban J connectivity index is 0.000000225. The molecule has 0 saturated carbocycles. The van der Waals surface area contributed by atoms with E-state index in [1.165, 1.54) is 37.9 Å². The van der Waals surface area contributed by atoms with Crippen molar-refractivity contribution in [3.05, 3.63) is 162 Å². The van der Waals surface area contributed by atoms with Crippen LogP contribution in [0.4, 0.5) is 0 Å². The van der Waals surface area contributed by atoms with Crippen LogP contribution in [-0.4, -0.2) is 27.8 Å². The van der Waals surface area contributed by atoms with Gasteiger partial charge in [0.05, 0.1) is 18.8 Å². The van der Waals surface area contributed by atoms with Crippen LogP contribution in [0, 0.1) is 19.0 Å². The number of furan rings is 1. The molecule has 0 unspecified atom stereocenters. The number of benzene rings is 5. The number of hydrogen-bond acceptors (Lipinski definition) is 3. The number of hydrogen-bond donors (Lipinski definition) is 0. The molecule has 0 saturated heterocycles. The van der Waals surface area contributed by atoms with Crippen molar-refractivity contribution in [1.82, 2.24) is 14.5 Å². The molecule has 4 aromatic heterocycles. The molecule has 0 atom stereocenters. The number of aryl methyl sites for hydroxylation is 2. The van der Waals surface area contributed by atoms with Gasteiger partial charge in [0, 0.05) is 36.6 Å². The molecule has 0 aliphatic rings. The fourth-order valence-corrected chi connectivity index (χ4v) is 11.9. The molecular weight excluding hydrogens is 997 g/mol. The standard InChI is InChI=1S/C37H33N3O.C18H24GeN.Ir/c1-23(2)30-21-26(25-13-7-6-8-14-25)22-31(24(3)4)34(30)40-36(38-32-18-12-20-39(5)37(32)40)29-17-11-16-28-27-15-9-10-19-33(27)41-35(28)29;1-13(2)16-11-18(15-9-7-14(3)8-10-15)20-12-17(16)19(4,5)6;/h6-16,18-24H,1-5H3;7-9,11-13H,1-6H3;/q;-1;/i;3D3;. The van der Waals surface area contributed by atoms with Gasteiger partial charge in [-0.1, -0.05) is 81.6 Å². The summed E-state index contributed by atoms with van der Waals surface area (Å²) < 4.78 is 34.8. The Morgan fingerprint density at radius 1 is 0.742 bits per heavy atom. The average molecular weight is 1060 g/mol. The minimum Gasteiger partial charge on any atom is 0 e. The summed E-state index contributed by atoms with van der Waals surface area (Å²) in [5.74, 6) is 8.98. The Morgan fingerprint density at radius 3 is 2.08 bits per heavy atom. The molecule has 4 heterocycles. The van der Waals surface area contributed by atoms with Crippen LogP contribution in [0.1, 0.15) is 85.7 Å². The molecule has 7 heteroatoms. The van der Waals surface area contributed by atoms with Crippen molar-refractivity contribution in [3.63, 3.8) is 0 Å². The van der Waals surface area contributed by atoms with E-state index in [-0.39, 0.29) is 31.9 Å². The van der Waals surface area contributed by atoms with Crippen LogP contribution >= 0.6 is 0 Å². The van der Waals surface area contributed by atoms with Crippen molar-refractivity contribution in [2.45, 2.75) is 83.4 Å². The third-order valence-corrected chi connectivity index (χ3v) is 15.8. The molecule has 9 rings (SSSR count). The number of pyridine rings is 2. The van der Waals surface area contributed by atoms with Crippen LogP contribution in [0.15, 0.2) is 132 Å². The molecule has 1 radical (unpaired) electrons. The molecule has 9 aromatic rings. The summed E-state index contributed by atoms with van der Waals surface area (Å²) in [5, 5.41) is 2.17. The van der Waals surface area contributed by atoms with Gasteiger partial charge in [-0.2, -0.15) is 0 Å². The van der Waals surface area contributed by atoms with Gasteiger partial charge in [-0.25, -0.2) is 14.1 Å². The second kappa shape index (κ2) is 18.3. The predicted octanol–water partition coefficient (Wildman–Crippen LogP) is 13.7.